The maximum Gasteiger partial charge on any atom is 0.149 e. The number of hydrogen-bond acceptors (Lipinski definition) is 2. The van der Waals surface area contributed by atoms with Crippen molar-refractivity contribution in [2.24, 2.45) is 11.3 Å². The van der Waals surface area contributed by atoms with Crippen LogP contribution in [0.4, 0.5) is 0 Å². The van der Waals surface area contributed by atoms with Gasteiger partial charge in [0.1, 0.15) is 5.78 Å². The molecule has 0 amide bonds. The van der Waals surface area contributed by atoms with Gasteiger partial charge in [-0.15, -0.1) is 0 Å². The molecule has 2 heteroatoms. The second-order valence-electron chi connectivity index (χ2n) is 5.70. The molecular formula is C16H26O2. The van der Waals surface area contributed by atoms with Crippen molar-refractivity contribution in [2.45, 2.75) is 47.0 Å². The molecule has 102 valence electrons. The fraction of sp³-hybridized carbons (Fsp3) is 0.688. The molecule has 1 aliphatic rings. The maximum atomic E-state index is 12.7. The van der Waals surface area contributed by atoms with Crippen LogP contribution in [-0.4, -0.2) is 19.5 Å². The first-order chi connectivity index (χ1) is 8.45. The van der Waals surface area contributed by atoms with Crippen LogP contribution in [0.3, 0.4) is 0 Å². The van der Waals surface area contributed by atoms with Gasteiger partial charge in [0, 0.05) is 13.5 Å². The van der Waals surface area contributed by atoms with Gasteiger partial charge < -0.3 is 4.74 Å². The number of methoxy groups -OCH3 is 1. The quantitative estimate of drug-likeness (QED) is 0.668. The Hall–Kier alpha value is -0.890. The molecule has 0 fully saturated rings. The van der Waals surface area contributed by atoms with Crippen molar-refractivity contribution in [1.82, 2.24) is 0 Å². The van der Waals surface area contributed by atoms with Crippen LogP contribution in [-0.2, 0) is 9.53 Å². The Bertz CT molecular complexity index is 343. The molecular weight excluding hydrogens is 224 g/mol. The summed E-state index contributed by atoms with van der Waals surface area (Å²) in [5.74, 6) is 0.867. The van der Waals surface area contributed by atoms with Crippen molar-refractivity contribution in [3.8, 4) is 0 Å². The SMILES string of the molecule is COCC1(C(=O)CCC(C)C)C(C)=CCC=C1C. The molecule has 18 heavy (non-hydrogen) atoms. The zero-order valence-electron chi connectivity index (χ0n) is 12.4. The van der Waals surface area contributed by atoms with Gasteiger partial charge in [0.2, 0.25) is 0 Å². The van der Waals surface area contributed by atoms with E-state index >= 15 is 0 Å². The Morgan fingerprint density at radius 2 is 1.89 bits per heavy atom. The number of ketones is 1. The van der Waals surface area contributed by atoms with E-state index in [1.165, 1.54) is 0 Å². The highest BCUT2D eigenvalue weighted by Gasteiger charge is 2.41. The summed E-state index contributed by atoms with van der Waals surface area (Å²) in [7, 11) is 1.67. The number of carbonyl (C=O) groups is 1. The van der Waals surface area contributed by atoms with Crippen molar-refractivity contribution in [3.05, 3.63) is 23.3 Å². The molecule has 0 aliphatic heterocycles. The number of ether oxygens (including phenoxy) is 1. The fourth-order valence-corrected chi connectivity index (χ4v) is 2.67. The van der Waals surface area contributed by atoms with Crippen LogP contribution in [0.15, 0.2) is 23.3 Å². The van der Waals surface area contributed by atoms with Gasteiger partial charge in [-0.25, -0.2) is 0 Å². The van der Waals surface area contributed by atoms with Crippen molar-refractivity contribution >= 4 is 5.78 Å². The van der Waals surface area contributed by atoms with E-state index in [0.717, 1.165) is 24.0 Å². The predicted octanol–water partition coefficient (Wildman–Crippen LogP) is 3.92. The van der Waals surface area contributed by atoms with Crippen LogP contribution < -0.4 is 0 Å². The Balaban J connectivity index is 2.98. The van der Waals surface area contributed by atoms with E-state index in [0.29, 0.717) is 24.7 Å². The van der Waals surface area contributed by atoms with Crippen LogP contribution >= 0.6 is 0 Å². The third-order valence-electron chi connectivity index (χ3n) is 3.98. The molecule has 2 nitrogen and oxygen atoms in total. The zero-order valence-corrected chi connectivity index (χ0v) is 12.4. The molecule has 0 N–H and O–H groups in total. The minimum atomic E-state index is -0.498. The lowest BCUT2D eigenvalue weighted by Gasteiger charge is -2.36. The number of allylic oxidation sites excluding steroid dienone is 2. The first-order valence-electron chi connectivity index (χ1n) is 6.81. The zero-order chi connectivity index (χ0) is 13.8. The summed E-state index contributed by atoms with van der Waals surface area (Å²) >= 11 is 0. The Morgan fingerprint density at radius 1 is 1.33 bits per heavy atom. The van der Waals surface area contributed by atoms with Gasteiger partial charge in [0.15, 0.2) is 0 Å². The van der Waals surface area contributed by atoms with E-state index in [2.05, 4.69) is 39.8 Å². The summed E-state index contributed by atoms with van der Waals surface area (Å²) in [6.45, 7) is 8.89. The molecule has 0 radical (unpaired) electrons. The van der Waals surface area contributed by atoms with Crippen LogP contribution in [0.5, 0.6) is 0 Å². The molecule has 1 aliphatic carbocycles. The Kier molecular flexibility index (Phi) is 5.33. The lowest BCUT2D eigenvalue weighted by atomic mass is 9.68. The Morgan fingerprint density at radius 3 is 2.33 bits per heavy atom. The fourth-order valence-electron chi connectivity index (χ4n) is 2.67. The van der Waals surface area contributed by atoms with Crippen molar-refractivity contribution < 1.29 is 9.53 Å². The number of rotatable bonds is 6. The Labute approximate surface area is 111 Å². The van der Waals surface area contributed by atoms with Crippen LogP contribution in [0, 0.1) is 11.3 Å². The van der Waals surface area contributed by atoms with Gasteiger partial charge in [-0.2, -0.15) is 0 Å². The third kappa shape index (κ3) is 2.92. The number of Topliss-reactive ketones (excluding diaryl/α,β-unsaturated/α-hetero) is 1. The van der Waals surface area contributed by atoms with Gasteiger partial charge in [-0.3, -0.25) is 4.79 Å². The highest BCUT2D eigenvalue weighted by atomic mass is 16.5. The topological polar surface area (TPSA) is 26.3 Å². The predicted molar refractivity (Wildman–Crippen MR) is 75.5 cm³/mol. The molecule has 0 saturated carbocycles. The van der Waals surface area contributed by atoms with Gasteiger partial charge in [0.25, 0.3) is 0 Å². The van der Waals surface area contributed by atoms with Gasteiger partial charge >= 0.3 is 0 Å². The average molecular weight is 250 g/mol. The summed E-state index contributed by atoms with van der Waals surface area (Å²) in [5.41, 5.74) is 1.80. The van der Waals surface area contributed by atoms with E-state index in [4.69, 9.17) is 4.74 Å². The first kappa shape index (κ1) is 15.2. The largest absolute Gasteiger partial charge is 0.383 e. The number of hydrogen-bond donors (Lipinski definition) is 0. The molecule has 1 rings (SSSR count). The summed E-state index contributed by atoms with van der Waals surface area (Å²) in [4.78, 5) is 12.7. The van der Waals surface area contributed by atoms with E-state index in [9.17, 15) is 4.79 Å². The second-order valence-corrected chi connectivity index (χ2v) is 5.70. The normalized spacial score (nSPS) is 18.6. The van der Waals surface area contributed by atoms with Gasteiger partial charge in [-0.1, -0.05) is 37.1 Å². The maximum absolute atomic E-state index is 12.7. The molecule has 0 unspecified atom stereocenters. The van der Waals surface area contributed by atoms with Crippen LogP contribution in [0.2, 0.25) is 0 Å². The van der Waals surface area contributed by atoms with Crippen LogP contribution in [0.1, 0.15) is 47.0 Å². The standard InChI is InChI=1S/C16H26O2/c1-12(2)9-10-15(17)16(11-18-5)13(3)7-6-8-14(16)4/h7-8,12H,6,9-11H2,1-5H3. The molecule has 0 bridgehead atoms. The van der Waals surface area contributed by atoms with Gasteiger partial charge in [-0.05, 0) is 32.6 Å². The molecule has 0 aromatic heterocycles. The van der Waals surface area contributed by atoms with E-state index in [1.807, 2.05) is 0 Å². The van der Waals surface area contributed by atoms with E-state index < -0.39 is 5.41 Å². The van der Waals surface area contributed by atoms with E-state index in [1.54, 1.807) is 7.11 Å². The summed E-state index contributed by atoms with van der Waals surface area (Å²) in [6, 6.07) is 0. The molecule has 0 aromatic rings. The third-order valence-corrected chi connectivity index (χ3v) is 3.98. The average Bonchev–Trinajstić information content (AvgIpc) is 2.31. The van der Waals surface area contributed by atoms with E-state index in [-0.39, 0.29) is 0 Å². The van der Waals surface area contributed by atoms with Crippen molar-refractivity contribution in [1.29, 1.82) is 0 Å². The smallest absolute Gasteiger partial charge is 0.149 e. The summed E-state index contributed by atoms with van der Waals surface area (Å²) < 4.78 is 5.35. The highest BCUT2D eigenvalue weighted by molar-refractivity contribution is 5.91. The molecule has 0 aromatic carbocycles. The minimum absolute atomic E-state index is 0.306. The molecule has 0 heterocycles. The lowest BCUT2D eigenvalue weighted by molar-refractivity contribution is -0.127. The summed E-state index contributed by atoms with van der Waals surface area (Å²) in [6.07, 6.45) is 6.82. The first-order valence-corrected chi connectivity index (χ1v) is 6.81. The molecule has 0 saturated heterocycles. The molecule has 0 spiro atoms. The monoisotopic (exact) mass is 250 g/mol. The lowest BCUT2D eigenvalue weighted by Crippen LogP contribution is -2.39. The van der Waals surface area contributed by atoms with Crippen LogP contribution in [0.25, 0.3) is 0 Å². The van der Waals surface area contributed by atoms with Crippen molar-refractivity contribution in [2.75, 3.05) is 13.7 Å². The number of carbonyl (C=O) groups excluding carboxylic acids is 1. The minimum Gasteiger partial charge on any atom is -0.383 e. The second kappa shape index (κ2) is 6.33. The summed E-state index contributed by atoms with van der Waals surface area (Å²) in [5, 5.41) is 0. The van der Waals surface area contributed by atoms with Gasteiger partial charge in [0.05, 0.1) is 12.0 Å². The molecule has 0 atom stereocenters. The highest BCUT2D eigenvalue weighted by Crippen LogP contribution is 2.41. The van der Waals surface area contributed by atoms with Crippen molar-refractivity contribution in [3.63, 3.8) is 0 Å².